The molecule has 5 nitrogen and oxygen atoms in total. The molecule has 5 heteroatoms. The predicted molar refractivity (Wildman–Crippen MR) is 56.3 cm³/mol. The Hall–Kier alpha value is -1.78. The van der Waals surface area contributed by atoms with Crippen molar-refractivity contribution in [2.75, 3.05) is 11.1 Å². The number of hydrogen-bond acceptors (Lipinski definition) is 4. The van der Waals surface area contributed by atoms with E-state index < -0.39 is 4.92 Å². The first-order valence-corrected chi connectivity index (χ1v) is 4.31. The lowest BCUT2D eigenvalue weighted by molar-refractivity contribution is -0.384. The Kier molecular flexibility index (Phi) is 2.91. The summed E-state index contributed by atoms with van der Waals surface area (Å²) in [6.45, 7) is 3.95. The first-order valence-electron chi connectivity index (χ1n) is 4.31. The standard InChI is InChI=1S/C9H13N3O2/c1-6(2)11-9-4-3-7(12(13)14)5-8(9)10/h3-6,11H,10H2,1-2H3. The van der Waals surface area contributed by atoms with Crippen LogP contribution in [0.2, 0.25) is 0 Å². The molecule has 14 heavy (non-hydrogen) atoms. The molecule has 76 valence electrons. The van der Waals surface area contributed by atoms with Gasteiger partial charge in [0.1, 0.15) is 0 Å². The third kappa shape index (κ3) is 2.35. The van der Waals surface area contributed by atoms with Crippen LogP contribution in [0.25, 0.3) is 0 Å². The van der Waals surface area contributed by atoms with Crippen molar-refractivity contribution in [1.29, 1.82) is 0 Å². The van der Waals surface area contributed by atoms with Gasteiger partial charge < -0.3 is 11.1 Å². The minimum absolute atomic E-state index is 0.0109. The highest BCUT2D eigenvalue weighted by Crippen LogP contribution is 2.24. The maximum absolute atomic E-state index is 10.4. The molecule has 0 aliphatic carbocycles. The van der Waals surface area contributed by atoms with Crippen LogP contribution >= 0.6 is 0 Å². The van der Waals surface area contributed by atoms with Crippen LogP contribution in [-0.4, -0.2) is 11.0 Å². The highest BCUT2D eigenvalue weighted by molar-refractivity contribution is 5.69. The van der Waals surface area contributed by atoms with Crippen molar-refractivity contribution < 1.29 is 4.92 Å². The van der Waals surface area contributed by atoms with Gasteiger partial charge in [-0.3, -0.25) is 10.1 Å². The Balaban J connectivity index is 2.95. The lowest BCUT2D eigenvalue weighted by Crippen LogP contribution is -2.11. The van der Waals surface area contributed by atoms with Crippen molar-refractivity contribution in [3.63, 3.8) is 0 Å². The Morgan fingerprint density at radius 3 is 2.57 bits per heavy atom. The molecule has 1 aromatic rings. The molecule has 0 saturated carbocycles. The maximum Gasteiger partial charge on any atom is 0.271 e. The van der Waals surface area contributed by atoms with E-state index in [0.29, 0.717) is 5.69 Å². The molecule has 0 fully saturated rings. The number of hydrogen-bond donors (Lipinski definition) is 2. The molecular weight excluding hydrogens is 182 g/mol. The zero-order chi connectivity index (χ0) is 10.7. The summed E-state index contributed by atoms with van der Waals surface area (Å²) in [6.07, 6.45) is 0. The van der Waals surface area contributed by atoms with Crippen LogP contribution in [0.1, 0.15) is 13.8 Å². The summed E-state index contributed by atoms with van der Waals surface area (Å²) in [7, 11) is 0. The number of nitro benzene ring substituents is 1. The van der Waals surface area contributed by atoms with E-state index in [1.807, 2.05) is 13.8 Å². The largest absolute Gasteiger partial charge is 0.397 e. The molecule has 0 atom stereocenters. The van der Waals surface area contributed by atoms with Gasteiger partial charge in [0.15, 0.2) is 0 Å². The molecule has 0 radical (unpaired) electrons. The smallest absolute Gasteiger partial charge is 0.271 e. The van der Waals surface area contributed by atoms with Gasteiger partial charge in [-0.2, -0.15) is 0 Å². The molecule has 1 aromatic carbocycles. The molecular formula is C9H13N3O2. The summed E-state index contributed by atoms with van der Waals surface area (Å²) in [6, 6.07) is 4.65. The molecule has 0 amide bonds. The van der Waals surface area contributed by atoms with E-state index in [4.69, 9.17) is 5.73 Å². The van der Waals surface area contributed by atoms with Crippen molar-refractivity contribution in [3.8, 4) is 0 Å². The third-order valence-corrected chi connectivity index (χ3v) is 1.69. The first-order chi connectivity index (χ1) is 6.50. The van der Waals surface area contributed by atoms with Crippen LogP contribution < -0.4 is 11.1 Å². The number of nitrogens with one attached hydrogen (secondary N) is 1. The van der Waals surface area contributed by atoms with E-state index in [1.54, 1.807) is 6.07 Å². The Bertz CT molecular complexity index is 350. The summed E-state index contributed by atoms with van der Waals surface area (Å²) in [5, 5.41) is 13.5. The van der Waals surface area contributed by atoms with Crippen molar-refractivity contribution >= 4 is 17.1 Å². The van der Waals surface area contributed by atoms with Gasteiger partial charge >= 0.3 is 0 Å². The van der Waals surface area contributed by atoms with Crippen LogP contribution in [0.3, 0.4) is 0 Å². The van der Waals surface area contributed by atoms with Gasteiger partial charge in [-0.1, -0.05) is 0 Å². The first kappa shape index (κ1) is 10.3. The second kappa shape index (κ2) is 3.95. The maximum atomic E-state index is 10.4. The number of nitrogen functional groups attached to an aromatic ring is 1. The summed E-state index contributed by atoms with van der Waals surface area (Å²) in [5.41, 5.74) is 6.78. The van der Waals surface area contributed by atoms with Crippen LogP contribution in [-0.2, 0) is 0 Å². The monoisotopic (exact) mass is 195 g/mol. The van der Waals surface area contributed by atoms with Crippen molar-refractivity contribution in [1.82, 2.24) is 0 Å². The SMILES string of the molecule is CC(C)Nc1ccc([N+](=O)[O-])cc1N. The van der Waals surface area contributed by atoms with E-state index in [9.17, 15) is 10.1 Å². The normalized spacial score (nSPS) is 10.2. The number of anilines is 2. The summed E-state index contributed by atoms with van der Waals surface area (Å²) >= 11 is 0. The Morgan fingerprint density at radius 1 is 1.50 bits per heavy atom. The molecule has 0 spiro atoms. The van der Waals surface area contributed by atoms with Crippen molar-refractivity contribution in [2.45, 2.75) is 19.9 Å². The third-order valence-electron chi connectivity index (χ3n) is 1.69. The predicted octanol–water partition coefficient (Wildman–Crippen LogP) is 2.00. The second-order valence-corrected chi connectivity index (χ2v) is 3.33. The van der Waals surface area contributed by atoms with Gasteiger partial charge in [-0.25, -0.2) is 0 Å². The fourth-order valence-electron chi connectivity index (χ4n) is 1.11. The van der Waals surface area contributed by atoms with Crippen LogP contribution in [0.15, 0.2) is 18.2 Å². The quantitative estimate of drug-likeness (QED) is 0.439. The Labute approximate surface area is 82.1 Å². The molecule has 1 rings (SSSR count). The lowest BCUT2D eigenvalue weighted by atomic mass is 10.2. The van der Waals surface area contributed by atoms with E-state index in [1.165, 1.54) is 12.1 Å². The Morgan fingerprint density at radius 2 is 2.14 bits per heavy atom. The molecule has 0 unspecified atom stereocenters. The number of nitrogens with two attached hydrogens (primary N) is 1. The van der Waals surface area contributed by atoms with Crippen LogP contribution in [0, 0.1) is 10.1 Å². The number of benzene rings is 1. The molecule has 0 aliphatic heterocycles. The summed E-state index contributed by atoms with van der Waals surface area (Å²) in [4.78, 5) is 9.95. The van der Waals surface area contributed by atoms with Gasteiger partial charge in [-0.05, 0) is 19.9 Å². The van der Waals surface area contributed by atoms with Gasteiger partial charge in [-0.15, -0.1) is 0 Å². The zero-order valence-corrected chi connectivity index (χ0v) is 8.15. The van der Waals surface area contributed by atoms with E-state index >= 15 is 0 Å². The molecule has 3 N–H and O–H groups in total. The average Bonchev–Trinajstić information content (AvgIpc) is 2.07. The van der Waals surface area contributed by atoms with Gasteiger partial charge in [0, 0.05) is 18.2 Å². The van der Waals surface area contributed by atoms with Crippen molar-refractivity contribution in [3.05, 3.63) is 28.3 Å². The number of non-ortho nitro benzene ring substituents is 1. The number of rotatable bonds is 3. The van der Waals surface area contributed by atoms with Gasteiger partial charge in [0.2, 0.25) is 0 Å². The van der Waals surface area contributed by atoms with E-state index in [-0.39, 0.29) is 11.7 Å². The second-order valence-electron chi connectivity index (χ2n) is 3.33. The van der Waals surface area contributed by atoms with Crippen molar-refractivity contribution in [2.24, 2.45) is 0 Å². The average molecular weight is 195 g/mol. The molecule has 0 saturated heterocycles. The van der Waals surface area contributed by atoms with Gasteiger partial charge in [0.25, 0.3) is 5.69 Å². The molecule has 0 bridgehead atoms. The van der Waals surface area contributed by atoms with E-state index in [2.05, 4.69) is 5.32 Å². The minimum atomic E-state index is -0.463. The fourth-order valence-corrected chi connectivity index (χ4v) is 1.11. The molecule has 0 aromatic heterocycles. The topological polar surface area (TPSA) is 81.2 Å². The zero-order valence-electron chi connectivity index (χ0n) is 8.15. The van der Waals surface area contributed by atoms with Crippen LogP contribution in [0.4, 0.5) is 17.1 Å². The minimum Gasteiger partial charge on any atom is -0.397 e. The fraction of sp³-hybridized carbons (Fsp3) is 0.333. The van der Waals surface area contributed by atoms with Crippen LogP contribution in [0.5, 0.6) is 0 Å². The highest BCUT2D eigenvalue weighted by atomic mass is 16.6. The number of nitrogens with zero attached hydrogens (tertiary/aromatic N) is 1. The molecule has 0 aliphatic rings. The van der Waals surface area contributed by atoms with E-state index in [0.717, 1.165) is 5.69 Å². The molecule has 0 heterocycles. The number of nitro groups is 1. The summed E-state index contributed by atoms with van der Waals surface area (Å²) in [5.74, 6) is 0. The summed E-state index contributed by atoms with van der Waals surface area (Å²) < 4.78 is 0. The van der Waals surface area contributed by atoms with Gasteiger partial charge in [0.05, 0.1) is 16.3 Å². The lowest BCUT2D eigenvalue weighted by Gasteiger charge is -2.11. The highest BCUT2D eigenvalue weighted by Gasteiger charge is 2.08.